The summed E-state index contributed by atoms with van der Waals surface area (Å²) in [4.78, 5) is 13.3. The Morgan fingerprint density at radius 3 is 3.27 bits per heavy atom. The van der Waals surface area contributed by atoms with Gasteiger partial charge in [-0.3, -0.25) is 4.79 Å². The van der Waals surface area contributed by atoms with Crippen molar-refractivity contribution in [2.24, 2.45) is 0 Å². The van der Waals surface area contributed by atoms with Gasteiger partial charge in [0.2, 0.25) is 0 Å². The van der Waals surface area contributed by atoms with Crippen LogP contribution in [0.15, 0.2) is 23.3 Å². The Hall–Kier alpha value is -1.78. The Kier molecular flexibility index (Phi) is 1.00. The highest BCUT2D eigenvalue weighted by Crippen LogP contribution is 2.05. The van der Waals surface area contributed by atoms with E-state index in [2.05, 4.69) is 10.1 Å². The second-order valence-electron chi connectivity index (χ2n) is 2.20. The molecule has 5 nitrogen and oxygen atoms in total. The van der Waals surface area contributed by atoms with Crippen LogP contribution in [-0.4, -0.2) is 14.6 Å². The zero-order valence-corrected chi connectivity index (χ0v) is 5.61. The van der Waals surface area contributed by atoms with Gasteiger partial charge in [-0.25, -0.2) is 4.52 Å². The van der Waals surface area contributed by atoms with Gasteiger partial charge in [-0.2, -0.15) is 5.10 Å². The minimum absolute atomic E-state index is 0.176. The number of hydrogen-bond acceptors (Lipinski definition) is 3. The van der Waals surface area contributed by atoms with Crippen molar-refractivity contribution in [2.75, 3.05) is 5.73 Å². The second kappa shape index (κ2) is 1.85. The molecular weight excluding hydrogens is 144 g/mol. The van der Waals surface area contributed by atoms with E-state index in [0.29, 0.717) is 11.3 Å². The van der Waals surface area contributed by atoms with E-state index in [-0.39, 0.29) is 5.56 Å². The van der Waals surface area contributed by atoms with Crippen LogP contribution < -0.4 is 11.3 Å². The molecular formula is C6H6N4O. The molecule has 0 radical (unpaired) electrons. The maximum Gasteiger partial charge on any atom is 0.251 e. The molecule has 2 rings (SSSR count). The predicted octanol–water partition coefficient (Wildman–Crippen LogP) is -0.395. The molecule has 56 valence electrons. The molecule has 0 spiro atoms. The third-order valence-electron chi connectivity index (χ3n) is 1.43. The second-order valence-corrected chi connectivity index (χ2v) is 2.20. The van der Waals surface area contributed by atoms with Crippen molar-refractivity contribution in [1.82, 2.24) is 14.6 Å². The summed E-state index contributed by atoms with van der Waals surface area (Å²) in [5, 5.41) is 3.88. The smallest absolute Gasteiger partial charge is 0.251 e. The number of aromatic nitrogens is 3. The lowest BCUT2D eigenvalue weighted by Crippen LogP contribution is -2.06. The van der Waals surface area contributed by atoms with Crippen molar-refractivity contribution in [3.8, 4) is 0 Å². The summed E-state index contributed by atoms with van der Waals surface area (Å²) < 4.78 is 1.51. The largest absolute Gasteiger partial charge is 0.394 e. The minimum Gasteiger partial charge on any atom is -0.394 e. The zero-order valence-electron chi connectivity index (χ0n) is 5.61. The van der Waals surface area contributed by atoms with Gasteiger partial charge in [0, 0.05) is 12.3 Å². The first-order valence-corrected chi connectivity index (χ1v) is 3.09. The van der Waals surface area contributed by atoms with Crippen LogP contribution in [0.5, 0.6) is 0 Å². The number of nitrogens with two attached hydrogens (primary N) is 1. The average Bonchev–Trinajstić information content (AvgIpc) is 2.33. The molecule has 0 atom stereocenters. The van der Waals surface area contributed by atoms with E-state index in [4.69, 9.17) is 5.73 Å². The summed E-state index contributed by atoms with van der Waals surface area (Å²) in [5.41, 5.74) is 6.33. The van der Waals surface area contributed by atoms with E-state index >= 15 is 0 Å². The van der Waals surface area contributed by atoms with Crippen molar-refractivity contribution < 1.29 is 0 Å². The number of aromatic amines is 1. The van der Waals surface area contributed by atoms with Crippen molar-refractivity contribution >= 4 is 11.3 Å². The fourth-order valence-electron chi connectivity index (χ4n) is 0.915. The Balaban J connectivity index is 2.98. The van der Waals surface area contributed by atoms with Gasteiger partial charge in [-0.15, -0.1) is 0 Å². The van der Waals surface area contributed by atoms with Gasteiger partial charge < -0.3 is 10.7 Å². The van der Waals surface area contributed by atoms with E-state index < -0.39 is 0 Å². The maximum absolute atomic E-state index is 10.8. The summed E-state index contributed by atoms with van der Waals surface area (Å²) in [6.45, 7) is 0. The van der Waals surface area contributed by atoms with E-state index in [9.17, 15) is 4.79 Å². The number of fused-ring (bicyclic) bond motifs is 1. The van der Waals surface area contributed by atoms with Crippen LogP contribution >= 0.6 is 0 Å². The lowest BCUT2D eigenvalue weighted by atomic mass is 10.5. The van der Waals surface area contributed by atoms with Crippen molar-refractivity contribution in [3.63, 3.8) is 0 Å². The van der Waals surface area contributed by atoms with Crippen LogP contribution in [0.25, 0.3) is 5.65 Å². The summed E-state index contributed by atoms with van der Waals surface area (Å²) in [7, 11) is 0. The maximum atomic E-state index is 10.8. The van der Waals surface area contributed by atoms with Gasteiger partial charge in [0.1, 0.15) is 0 Å². The molecule has 5 heteroatoms. The van der Waals surface area contributed by atoms with E-state index in [1.165, 1.54) is 16.8 Å². The van der Waals surface area contributed by atoms with Gasteiger partial charge in [0.15, 0.2) is 5.65 Å². The molecule has 0 aliphatic heterocycles. The highest BCUT2D eigenvalue weighted by molar-refractivity contribution is 5.62. The van der Waals surface area contributed by atoms with Crippen LogP contribution in [0.4, 0.5) is 5.69 Å². The lowest BCUT2D eigenvalue weighted by molar-refractivity contribution is 0.931. The third-order valence-corrected chi connectivity index (χ3v) is 1.43. The van der Waals surface area contributed by atoms with E-state index in [1.54, 1.807) is 6.20 Å². The van der Waals surface area contributed by atoms with E-state index in [0.717, 1.165) is 0 Å². The summed E-state index contributed by atoms with van der Waals surface area (Å²) in [6.07, 6.45) is 3.05. The van der Waals surface area contributed by atoms with Gasteiger partial charge in [0.25, 0.3) is 5.56 Å². The molecule has 11 heavy (non-hydrogen) atoms. The van der Waals surface area contributed by atoms with Crippen LogP contribution in [0, 0.1) is 0 Å². The molecule has 2 heterocycles. The molecule has 2 aromatic heterocycles. The first-order chi connectivity index (χ1) is 5.27. The number of H-pyrrole nitrogens is 1. The quantitative estimate of drug-likeness (QED) is 0.536. The molecule has 3 N–H and O–H groups in total. The molecule has 0 aliphatic carbocycles. The fourth-order valence-corrected chi connectivity index (χ4v) is 0.915. The van der Waals surface area contributed by atoms with Crippen LogP contribution in [-0.2, 0) is 0 Å². The SMILES string of the molecule is Nc1cnn2ccc(=O)[nH]c12. The standard InChI is InChI=1S/C6H6N4O/c7-4-3-8-10-2-1-5(11)9-6(4)10/h1-3H,7H2,(H,9,11). The van der Waals surface area contributed by atoms with Gasteiger partial charge in [-0.1, -0.05) is 0 Å². The molecule has 0 saturated heterocycles. The first-order valence-electron chi connectivity index (χ1n) is 3.09. The Bertz CT molecular complexity index is 441. The highest BCUT2D eigenvalue weighted by Gasteiger charge is 1.98. The summed E-state index contributed by atoms with van der Waals surface area (Å²) >= 11 is 0. The molecule has 0 saturated carbocycles. The Labute approximate surface area is 61.5 Å². The number of anilines is 1. The number of nitrogens with zero attached hydrogens (tertiary/aromatic N) is 2. The molecule has 0 aliphatic rings. The molecule has 0 aromatic carbocycles. The number of nitrogens with one attached hydrogen (secondary N) is 1. The predicted molar refractivity (Wildman–Crippen MR) is 40.2 cm³/mol. The first kappa shape index (κ1) is 5.96. The normalized spacial score (nSPS) is 10.5. The third kappa shape index (κ3) is 0.778. The summed E-state index contributed by atoms with van der Waals surface area (Å²) in [6, 6.07) is 1.39. The fraction of sp³-hybridized carbons (Fsp3) is 0. The van der Waals surface area contributed by atoms with Crippen molar-refractivity contribution in [1.29, 1.82) is 0 Å². The molecule has 0 fully saturated rings. The van der Waals surface area contributed by atoms with Crippen LogP contribution in [0.2, 0.25) is 0 Å². The molecule has 2 aromatic rings. The summed E-state index contributed by atoms with van der Waals surface area (Å²) in [5.74, 6) is 0. The highest BCUT2D eigenvalue weighted by atomic mass is 16.1. The topological polar surface area (TPSA) is 76.2 Å². The number of hydrogen-bond donors (Lipinski definition) is 2. The molecule has 0 bridgehead atoms. The van der Waals surface area contributed by atoms with E-state index in [1.807, 2.05) is 0 Å². The Morgan fingerprint density at radius 2 is 2.45 bits per heavy atom. The van der Waals surface area contributed by atoms with Crippen LogP contribution in [0.3, 0.4) is 0 Å². The molecule has 0 unspecified atom stereocenters. The van der Waals surface area contributed by atoms with Crippen molar-refractivity contribution in [3.05, 3.63) is 28.8 Å². The lowest BCUT2D eigenvalue weighted by Gasteiger charge is -1.90. The van der Waals surface area contributed by atoms with Crippen molar-refractivity contribution in [2.45, 2.75) is 0 Å². The monoisotopic (exact) mass is 150 g/mol. The molecule has 0 amide bonds. The average molecular weight is 150 g/mol. The Morgan fingerprint density at radius 1 is 1.64 bits per heavy atom. The van der Waals surface area contributed by atoms with Gasteiger partial charge >= 0.3 is 0 Å². The zero-order chi connectivity index (χ0) is 7.84. The van der Waals surface area contributed by atoms with Gasteiger partial charge in [-0.05, 0) is 0 Å². The van der Waals surface area contributed by atoms with Crippen LogP contribution in [0.1, 0.15) is 0 Å². The minimum atomic E-state index is -0.176. The number of rotatable bonds is 0. The number of nitrogen functional groups attached to an aromatic ring is 1. The van der Waals surface area contributed by atoms with Gasteiger partial charge in [0.05, 0.1) is 11.9 Å².